The molecule has 0 saturated heterocycles. The molecular formula is C19H17FN2O2. The minimum absolute atomic E-state index is 0.225. The molecule has 0 fully saturated rings. The quantitative estimate of drug-likeness (QED) is 0.802. The molecule has 3 rings (SSSR count). The highest BCUT2D eigenvalue weighted by atomic mass is 19.1. The molecule has 0 saturated carbocycles. The number of halogens is 1. The van der Waals surface area contributed by atoms with Crippen LogP contribution in [0.5, 0.6) is 0 Å². The predicted molar refractivity (Wildman–Crippen MR) is 91.6 cm³/mol. The number of fused-ring (bicyclic) bond motifs is 1. The van der Waals surface area contributed by atoms with E-state index in [2.05, 4.69) is 5.32 Å². The molecule has 0 spiro atoms. The summed E-state index contributed by atoms with van der Waals surface area (Å²) in [6.45, 7) is 0.411. The lowest BCUT2D eigenvalue weighted by Gasteiger charge is -2.10. The lowest BCUT2D eigenvalue weighted by molar-refractivity contribution is 0.0955. The summed E-state index contributed by atoms with van der Waals surface area (Å²) in [4.78, 5) is 24.5. The van der Waals surface area contributed by atoms with Crippen LogP contribution >= 0.6 is 0 Å². The zero-order valence-electron chi connectivity index (χ0n) is 13.3. The van der Waals surface area contributed by atoms with Crippen molar-refractivity contribution < 1.29 is 9.18 Å². The Bertz CT molecular complexity index is 946. The van der Waals surface area contributed by atoms with Crippen molar-refractivity contribution in [2.24, 2.45) is 7.05 Å². The summed E-state index contributed by atoms with van der Waals surface area (Å²) in [6.07, 6.45) is 0.592. The molecule has 0 aliphatic carbocycles. The summed E-state index contributed by atoms with van der Waals surface area (Å²) in [7, 11) is 1.68. The van der Waals surface area contributed by atoms with Gasteiger partial charge in [0.2, 0.25) is 0 Å². The largest absolute Gasteiger partial charge is 0.352 e. The molecule has 0 aliphatic heterocycles. The molecule has 3 aromatic rings. The lowest BCUT2D eigenvalue weighted by atomic mass is 10.1. The number of nitrogens with zero attached hydrogens (tertiary/aromatic N) is 1. The summed E-state index contributed by atoms with van der Waals surface area (Å²) >= 11 is 0. The number of aryl methyl sites for hydroxylation is 1. The molecule has 1 aromatic heterocycles. The average Bonchev–Trinajstić information content (AvgIpc) is 2.60. The predicted octanol–water partition coefficient (Wildman–Crippen LogP) is 2.65. The van der Waals surface area contributed by atoms with E-state index in [1.165, 1.54) is 22.8 Å². The number of carbonyl (C=O) groups is 1. The molecule has 2 aromatic carbocycles. The number of amides is 1. The molecule has 24 heavy (non-hydrogen) atoms. The summed E-state index contributed by atoms with van der Waals surface area (Å²) < 4.78 is 14.4. The van der Waals surface area contributed by atoms with E-state index in [-0.39, 0.29) is 17.3 Å². The maximum absolute atomic E-state index is 12.9. The zero-order chi connectivity index (χ0) is 17.1. The van der Waals surface area contributed by atoms with Crippen molar-refractivity contribution in [2.45, 2.75) is 6.42 Å². The molecule has 0 radical (unpaired) electrons. The highest BCUT2D eigenvalue weighted by Gasteiger charge is 2.12. The molecule has 1 amide bonds. The van der Waals surface area contributed by atoms with Crippen LogP contribution in [0.15, 0.2) is 59.4 Å². The Hall–Kier alpha value is -2.95. The fourth-order valence-electron chi connectivity index (χ4n) is 2.67. The Balaban J connectivity index is 1.78. The Morgan fingerprint density at radius 2 is 1.83 bits per heavy atom. The molecule has 1 N–H and O–H groups in total. The molecule has 122 valence electrons. The maximum Gasteiger partial charge on any atom is 0.252 e. The van der Waals surface area contributed by atoms with Crippen molar-refractivity contribution in [3.8, 4) is 0 Å². The van der Waals surface area contributed by atoms with E-state index < -0.39 is 0 Å². The van der Waals surface area contributed by atoms with Gasteiger partial charge in [-0.1, -0.05) is 30.3 Å². The second-order valence-electron chi connectivity index (χ2n) is 5.60. The van der Waals surface area contributed by atoms with Crippen LogP contribution in [0.25, 0.3) is 10.9 Å². The van der Waals surface area contributed by atoms with Crippen LogP contribution in [0.1, 0.15) is 15.9 Å². The second kappa shape index (κ2) is 6.66. The first-order chi connectivity index (χ1) is 11.6. The Labute approximate surface area is 138 Å². The van der Waals surface area contributed by atoms with Gasteiger partial charge in [0.15, 0.2) is 0 Å². The van der Waals surface area contributed by atoms with Crippen LogP contribution in [0, 0.1) is 5.82 Å². The van der Waals surface area contributed by atoms with Crippen LogP contribution in [0.3, 0.4) is 0 Å². The van der Waals surface area contributed by atoms with Gasteiger partial charge >= 0.3 is 0 Å². The van der Waals surface area contributed by atoms with Crippen LogP contribution in [-0.4, -0.2) is 17.0 Å². The number of hydrogen-bond acceptors (Lipinski definition) is 2. The van der Waals surface area contributed by atoms with E-state index in [1.54, 1.807) is 19.2 Å². The number of aromatic nitrogens is 1. The van der Waals surface area contributed by atoms with Gasteiger partial charge < -0.3 is 9.88 Å². The standard InChI is InChI=1S/C19H17FN2O2/c1-22-17-5-3-2-4-15(17)16(12-18(22)23)19(24)21-11-10-13-6-8-14(20)9-7-13/h2-9,12H,10-11H2,1H3,(H,21,24). The Kier molecular flexibility index (Phi) is 4.42. The van der Waals surface area contributed by atoms with E-state index in [1.807, 2.05) is 24.3 Å². The number of nitrogens with one attached hydrogen (secondary N) is 1. The number of pyridine rings is 1. The summed E-state index contributed by atoms with van der Waals surface area (Å²) in [5.41, 5.74) is 1.80. The van der Waals surface area contributed by atoms with E-state index in [0.29, 0.717) is 24.0 Å². The molecule has 1 heterocycles. The van der Waals surface area contributed by atoms with Gasteiger partial charge in [0, 0.05) is 25.0 Å². The number of carbonyl (C=O) groups excluding carboxylic acids is 1. The number of rotatable bonds is 4. The molecule has 0 aliphatic rings. The minimum Gasteiger partial charge on any atom is -0.352 e. The first kappa shape index (κ1) is 15.9. The third-order valence-corrected chi connectivity index (χ3v) is 4.01. The first-order valence-corrected chi connectivity index (χ1v) is 7.67. The monoisotopic (exact) mass is 324 g/mol. The van der Waals surface area contributed by atoms with Gasteiger partial charge in [0.05, 0.1) is 11.1 Å². The number of hydrogen-bond donors (Lipinski definition) is 1. The molecule has 4 nitrogen and oxygen atoms in total. The van der Waals surface area contributed by atoms with Gasteiger partial charge in [-0.25, -0.2) is 4.39 Å². The first-order valence-electron chi connectivity index (χ1n) is 7.67. The zero-order valence-corrected chi connectivity index (χ0v) is 13.3. The fraction of sp³-hybridized carbons (Fsp3) is 0.158. The van der Waals surface area contributed by atoms with E-state index >= 15 is 0 Å². The summed E-state index contributed by atoms with van der Waals surface area (Å²) in [5.74, 6) is -0.569. The van der Waals surface area contributed by atoms with Gasteiger partial charge in [-0.05, 0) is 30.2 Å². The van der Waals surface area contributed by atoms with Crippen LogP contribution in [-0.2, 0) is 13.5 Å². The van der Waals surface area contributed by atoms with E-state index in [4.69, 9.17) is 0 Å². The number of para-hydroxylation sites is 1. The molecule has 0 unspecified atom stereocenters. The van der Waals surface area contributed by atoms with Crippen LogP contribution < -0.4 is 10.9 Å². The lowest BCUT2D eigenvalue weighted by Crippen LogP contribution is -2.28. The molecule has 0 atom stereocenters. The SMILES string of the molecule is Cn1c(=O)cc(C(=O)NCCc2ccc(F)cc2)c2ccccc21. The van der Waals surface area contributed by atoms with Crippen molar-refractivity contribution >= 4 is 16.8 Å². The van der Waals surface area contributed by atoms with Gasteiger partial charge in [0.25, 0.3) is 11.5 Å². The van der Waals surface area contributed by atoms with Crippen LogP contribution in [0.2, 0.25) is 0 Å². The smallest absolute Gasteiger partial charge is 0.252 e. The average molecular weight is 324 g/mol. The van der Waals surface area contributed by atoms with Crippen LogP contribution in [0.4, 0.5) is 4.39 Å². The summed E-state index contributed by atoms with van der Waals surface area (Å²) in [6, 6.07) is 14.8. The normalized spacial score (nSPS) is 10.8. The second-order valence-corrected chi connectivity index (χ2v) is 5.60. The van der Waals surface area contributed by atoms with Crippen molar-refractivity contribution in [1.29, 1.82) is 0 Å². The molecular weight excluding hydrogens is 307 g/mol. The molecule has 0 bridgehead atoms. The van der Waals surface area contributed by atoms with Crippen molar-refractivity contribution in [3.63, 3.8) is 0 Å². The Morgan fingerprint density at radius 3 is 2.58 bits per heavy atom. The van der Waals surface area contributed by atoms with E-state index in [9.17, 15) is 14.0 Å². The highest BCUT2D eigenvalue weighted by Crippen LogP contribution is 2.16. The highest BCUT2D eigenvalue weighted by molar-refractivity contribution is 6.06. The minimum atomic E-state index is -0.286. The van der Waals surface area contributed by atoms with Crippen molar-refractivity contribution in [1.82, 2.24) is 9.88 Å². The third kappa shape index (κ3) is 3.20. The van der Waals surface area contributed by atoms with Crippen molar-refractivity contribution in [3.05, 3.63) is 81.9 Å². The van der Waals surface area contributed by atoms with Crippen molar-refractivity contribution in [2.75, 3.05) is 6.54 Å². The Morgan fingerprint density at radius 1 is 1.12 bits per heavy atom. The topological polar surface area (TPSA) is 51.1 Å². The fourth-order valence-corrected chi connectivity index (χ4v) is 2.67. The number of benzene rings is 2. The summed E-state index contributed by atoms with van der Waals surface area (Å²) in [5, 5.41) is 3.56. The maximum atomic E-state index is 12.9. The molecule has 5 heteroatoms. The van der Waals surface area contributed by atoms with Gasteiger partial charge in [-0.15, -0.1) is 0 Å². The van der Waals surface area contributed by atoms with E-state index in [0.717, 1.165) is 10.9 Å². The van der Waals surface area contributed by atoms with Gasteiger partial charge in [-0.2, -0.15) is 0 Å². The third-order valence-electron chi connectivity index (χ3n) is 4.01. The van der Waals surface area contributed by atoms with Gasteiger partial charge in [-0.3, -0.25) is 9.59 Å². The van der Waals surface area contributed by atoms with Gasteiger partial charge in [0.1, 0.15) is 5.82 Å².